The topological polar surface area (TPSA) is 15.3 Å². The number of nitrogens with one attached hydrogen (secondary N) is 1. The second kappa shape index (κ2) is 6.91. The zero-order valence-electron chi connectivity index (χ0n) is 12.6. The van der Waals surface area contributed by atoms with Crippen molar-refractivity contribution in [1.82, 2.24) is 10.2 Å². The van der Waals surface area contributed by atoms with Gasteiger partial charge in [-0.1, -0.05) is 13.3 Å². The summed E-state index contributed by atoms with van der Waals surface area (Å²) in [6.45, 7) is 6.07. The number of rotatable bonds is 4. The largest absolute Gasteiger partial charge is 0.314 e. The first-order valence-corrected chi connectivity index (χ1v) is 8.12. The van der Waals surface area contributed by atoms with Gasteiger partial charge in [0.1, 0.15) is 0 Å². The molecule has 0 radical (unpaired) electrons. The first-order chi connectivity index (χ1) is 8.66. The van der Waals surface area contributed by atoms with E-state index in [0.717, 1.165) is 24.0 Å². The fraction of sp³-hybridized carbons (Fsp3) is 1.00. The van der Waals surface area contributed by atoms with E-state index >= 15 is 0 Å². The summed E-state index contributed by atoms with van der Waals surface area (Å²) in [5.74, 6) is 0.963. The second-order valence-corrected chi connectivity index (χ2v) is 6.81. The Bertz CT molecular complexity index is 227. The summed E-state index contributed by atoms with van der Waals surface area (Å²) < 4.78 is 0. The minimum absolute atomic E-state index is 0.735. The predicted molar refractivity (Wildman–Crippen MR) is 78.9 cm³/mol. The van der Waals surface area contributed by atoms with Gasteiger partial charge in [0.15, 0.2) is 0 Å². The molecule has 1 saturated carbocycles. The van der Waals surface area contributed by atoms with Crippen LogP contribution in [-0.4, -0.2) is 36.6 Å². The zero-order chi connectivity index (χ0) is 13.0. The highest BCUT2D eigenvalue weighted by atomic mass is 15.2. The number of nitrogens with zero attached hydrogens (tertiary/aromatic N) is 1. The summed E-state index contributed by atoms with van der Waals surface area (Å²) in [5.41, 5.74) is 0. The van der Waals surface area contributed by atoms with Gasteiger partial charge in [-0.2, -0.15) is 0 Å². The van der Waals surface area contributed by atoms with Crippen molar-refractivity contribution in [1.29, 1.82) is 0 Å². The highest BCUT2D eigenvalue weighted by Crippen LogP contribution is 2.28. The maximum atomic E-state index is 3.69. The monoisotopic (exact) mass is 252 g/mol. The lowest BCUT2D eigenvalue weighted by Gasteiger charge is -2.39. The molecular weight excluding hydrogens is 220 g/mol. The average Bonchev–Trinajstić information content (AvgIpc) is 2.40. The van der Waals surface area contributed by atoms with Crippen LogP contribution in [-0.2, 0) is 0 Å². The molecule has 0 aromatic heterocycles. The molecule has 2 atom stereocenters. The molecule has 2 fully saturated rings. The Morgan fingerprint density at radius 3 is 2.44 bits per heavy atom. The molecule has 0 spiro atoms. The normalized spacial score (nSPS) is 35.7. The predicted octanol–water partition coefficient (Wildman–Crippen LogP) is 3.42. The van der Waals surface area contributed by atoms with Crippen molar-refractivity contribution in [2.45, 2.75) is 83.3 Å². The van der Waals surface area contributed by atoms with Crippen molar-refractivity contribution in [3.63, 3.8) is 0 Å². The van der Waals surface area contributed by atoms with Crippen LogP contribution >= 0.6 is 0 Å². The fourth-order valence-electron chi connectivity index (χ4n) is 3.71. The van der Waals surface area contributed by atoms with Crippen LogP contribution in [0.15, 0.2) is 0 Å². The van der Waals surface area contributed by atoms with Gasteiger partial charge in [0.2, 0.25) is 0 Å². The zero-order valence-corrected chi connectivity index (χ0v) is 12.6. The minimum atomic E-state index is 0.735. The standard InChI is InChI=1S/C16H32N2/c1-13-7-9-16(10-8-13)18(3)14(2)12-15-6-4-5-11-17-15/h13-17H,4-12H2,1-3H3. The molecule has 2 heteroatoms. The van der Waals surface area contributed by atoms with Gasteiger partial charge in [0.25, 0.3) is 0 Å². The summed E-state index contributed by atoms with van der Waals surface area (Å²) in [6.07, 6.45) is 11.2. The van der Waals surface area contributed by atoms with Gasteiger partial charge in [0, 0.05) is 18.1 Å². The molecule has 18 heavy (non-hydrogen) atoms. The maximum absolute atomic E-state index is 3.69. The molecule has 1 saturated heterocycles. The molecule has 106 valence electrons. The Morgan fingerprint density at radius 2 is 1.83 bits per heavy atom. The van der Waals surface area contributed by atoms with E-state index < -0.39 is 0 Å². The van der Waals surface area contributed by atoms with Gasteiger partial charge < -0.3 is 10.2 Å². The molecule has 0 aromatic carbocycles. The van der Waals surface area contributed by atoms with Gasteiger partial charge in [0.05, 0.1) is 0 Å². The Balaban J connectivity index is 1.75. The lowest BCUT2D eigenvalue weighted by atomic mass is 9.86. The van der Waals surface area contributed by atoms with E-state index in [2.05, 4.69) is 31.1 Å². The molecule has 1 heterocycles. The second-order valence-electron chi connectivity index (χ2n) is 6.81. The van der Waals surface area contributed by atoms with Crippen molar-refractivity contribution in [2.24, 2.45) is 5.92 Å². The van der Waals surface area contributed by atoms with E-state index in [0.29, 0.717) is 0 Å². The van der Waals surface area contributed by atoms with Crippen LogP contribution in [0.2, 0.25) is 0 Å². The van der Waals surface area contributed by atoms with Crippen LogP contribution in [0, 0.1) is 5.92 Å². The molecule has 2 unspecified atom stereocenters. The lowest BCUT2D eigenvalue weighted by Crippen LogP contribution is -2.45. The fourth-order valence-corrected chi connectivity index (χ4v) is 3.71. The first kappa shape index (κ1) is 14.3. The van der Waals surface area contributed by atoms with Crippen LogP contribution in [0.4, 0.5) is 0 Å². The van der Waals surface area contributed by atoms with E-state index in [4.69, 9.17) is 0 Å². The molecular formula is C16H32N2. The highest BCUT2D eigenvalue weighted by molar-refractivity contribution is 4.83. The van der Waals surface area contributed by atoms with E-state index in [1.165, 1.54) is 57.9 Å². The Kier molecular flexibility index (Phi) is 5.50. The van der Waals surface area contributed by atoms with Crippen molar-refractivity contribution < 1.29 is 0 Å². The van der Waals surface area contributed by atoms with Gasteiger partial charge in [-0.15, -0.1) is 0 Å². The Morgan fingerprint density at radius 1 is 1.11 bits per heavy atom. The Hall–Kier alpha value is -0.0800. The first-order valence-electron chi connectivity index (χ1n) is 8.12. The maximum Gasteiger partial charge on any atom is 0.00952 e. The van der Waals surface area contributed by atoms with Gasteiger partial charge >= 0.3 is 0 Å². The number of hydrogen-bond acceptors (Lipinski definition) is 2. The van der Waals surface area contributed by atoms with Crippen LogP contribution in [0.1, 0.15) is 65.2 Å². The molecule has 2 nitrogen and oxygen atoms in total. The number of piperidine rings is 1. The molecule has 1 N–H and O–H groups in total. The van der Waals surface area contributed by atoms with Crippen molar-refractivity contribution in [3.05, 3.63) is 0 Å². The van der Waals surface area contributed by atoms with Gasteiger partial charge in [-0.05, 0) is 71.4 Å². The summed E-state index contributed by atoms with van der Waals surface area (Å²) in [5, 5.41) is 3.69. The van der Waals surface area contributed by atoms with Crippen molar-refractivity contribution >= 4 is 0 Å². The molecule has 1 aliphatic heterocycles. The molecule has 0 bridgehead atoms. The molecule has 0 amide bonds. The van der Waals surface area contributed by atoms with E-state index in [9.17, 15) is 0 Å². The summed E-state index contributed by atoms with van der Waals surface area (Å²) in [4.78, 5) is 2.67. The van der Waals surface area contributed by atoms with Crippen LogP contribution < -0.4 is 5.32 Å². The highest BCUT2D eigenvalue weighted by Gasteiger charge is 2.26. The third-order valence-corrected chi connectivity index (χ3v) is 5.29. The molecule has 2 rings (SSSR count). The third kappa shape index (κ3) is 3.96. The summed E-state index contributed by atoms with van der Waals surface area (Å²) in [7, 11) is 2.36. The lowest BCUT2D eigenvalue weighted by molar-refractivity contribution is 0.117. The van der Waals surface area contributed by atoms with Crippen molar-refractivity contribution in [2.75, 3.05) is 13.6 Å². The summed E-state index contributed by atoms with van der Waals surface area (Å²) in [6, 6.07) is 2.36. The molecule has 0 aromatic rings. The van der Waals surface area contributed by atoms with E-state index in [1.807, 2.05) is 0 Å². The van der Waals surface area contributed by atoms with E-state index in [1.54, 1.807) is 0 Å². The molecule has 1 aliphatic carbocycles. The van der Waals surface area contributed by atoms with Crippen LogP contribution in [0.5, 0.6) is 0 Å². The van der Waals surface area contributed by atoms with Crippen LogP contribution in [0.25, 0.3) is 0 Å². The minimum Gasteiger partial charge on any atom is -0.314 e. The molecule has 2 aliphatic rings. The van der Waals surface area contributed by atoms with Crippen LogP contribution in [0.3, 0.4) is 0 Å². The quantitative estimate of drug-likeness (QED) is 0.825. The average molecular weight is 252 g/mol. The smallest absolute Gasteiger partial charge is 0.00952 e. The van der Waals surface area contributed by atoms with Gasteiger partial charge in [-0.3, -0.25) is 0 Å². The summed E-state index contributed by atoms with van der Waals surface area (Å²) >= 11 is 0. The van der Waals surface area contributed by atoms with Gasteiger partial charge in [-0.25, -0.2) is 0 Å². The third-order valence-electron chi connectivity index (χ3n) is 5.29. The van der Waals surface area contributed by atoms with Crippen molar-refractivity contribution in [3.8, 4) is 0 Å². The SMILES string of the molecule is CC1CCC(N(C)C(C)CC2CCCCN2)CC1. The Labute approximate surface area is 114 Å². The number of hydrogen-bond donors (Lipinski definition) is 1. The van der Waals surface area contributed by atoms with E-state index in [-0.39, 0.29) is 0 Å².